The number of aromatic nitrogens is 2. The Bertz CT molecular complexity index is 967. The van der Waals surface area contributed by atoms with E-state index < -0.39 is 23.5 Å². The highest BCUT2D eigenvalue weighted by atomic mass is 19.4. The van der Waals surface area contributed by atoms with Gasteiger partial charge in [-0.25, -0.2) is 4.98 Å². The van der Waals surface area contributed by atoms with Gasteiger partial charge in [0, 0.05) is 31.3 Å². The van der Waals surface area contributed by atoms with Crippen LogP contribution in [-0.2, 0) is 15.7 Å². The van der Waals surface area contributed by atoms with Crippen molar-refractivity contribution in [3.8, 4) is 0 Å². The number of amides is 1. The van der Waals surface area contributed by atoms with Crippen LogP contribution in [0, 0.1) is 0 Å². The number of fused-ring (bicyclic) bond motifs is 1. The predicted octanol–water partition coefficient (Wildman–Crippen LogP) is 3.22. The van der Waals surface area contributed by atoms with E-state index in [1.165, 1.54) is 6.07 Å². The number of hydrogen-bond donors (Lipinski definition) is 1. The van der Waals surface area contributed by atoms with Gasteiger partial charge in [-0.05, 0) is 50.3 Å². The predicted molar refractivity (Wildman–Crippen MR) is 99.5 cm³/mol. The van der Waals surface area contributed by atoms with Crippen LogP contribution in [0.3, 0.4) is 0 Å². The molecule has 0 unspecified atom stereocenters. The van der Waals surface area contributed by atoms with Gasteiger partial charge in [0.25, 0.3) is 11.5 Å². The largest absolute Gasteiger partial charge is 0.433 e. The number of carbonyl (C=O) groups is 1. The molecule has 4 rings (SSSR count). The number of nitrogens with one attached hydrogen (secondary N) is 1. The van der Waals surface area contributed by atoms with Gasteiger partial charge in [0.2, 0.25) is 0 Å². The molecule has 0 aliphatic carbocycles. The molecule has 156 valence electrons. The average molecular weight is 409 g/mol. The van der Waals surface area contributed by atoms with Gasteiger partial charge in [-0.2, -0.15) is 13.2 Å². The van der Waals surface area contributed by atoms with Crippen LogP contribution in [0.1, 0.15) is 49.4 Å². The number of rotatable bonds is 2. The quantitative estimate of drug-likeness (QED) is 0.827. The smallest absolute Gasteiger partial charge is 0.368 e. The summed E-state index contributed by atoms with van der Waals surface area (Å²) in [7, 11) is 0. The monoisotopic (exact) mass is 409 g/mol. The van der Waals surface area contributed by atoms with E-state index in [1.54, 1.807) is 4.90 Å². The number of likely N-dealkylation sites (tertiary alicyclic amines) is 1. The minimum atomic E-state index is -4.58. The summed E-state index contributed by atoms with van der Waals surface area (Å²) in [6, 6.07) is 3.45. The first-order chi connectivity index (χ1) is 13.8. The van der Waals surface area contributed by atoms with Crippen LogP contribution in [0.15, 0.2) is 23.0 Å². The molecule has 2 aromatic rings. The van der Waals surface area contributed by atoms with E-state index in [9.17, 15) is 22.8 Å². The second-order valence-corrected chi connectivity index (χ2v) is 7.66. The molecule has 1 amide bonds. The highest BCUT2D eigenvalue weighted by Crippen LogP contribution is 2.30. The Balaban J connectivity index is 1.59. The van der Waals surface area contributed by atoms with Gasteiger partial charge in [0.15, 0.2) is 0 Å². The van der Waals surface area contributed by atoms with Crippen molar-refractivity contribution in [1.82, 2.24) is 14.9 Å². The Morgan fingerprint density at radius 1 is 1.21 bits per heavy atom. The summed E-state index contributed by atoms with van der Waals surface area (Å²) in [5.41, 5.74) is -0.983. The van der Waals surface area contributed by atoms with E-state index in [-0.39, 0.29) is 22.7 Å². The molecule has 4 heterocycles. The van der Waals surface area contributed by atoms with Gasteiger partial charge in [0.05, 0.1) is 10.9 Å². The van der Waals surface area contributed by atoms with Gasteiger partial charge in [-0.1, -0.05) is 0 Å². The number of nitrogens with zero attached hydrogens (tertiary/aromatic N) is 2. The van der Waals surface area contributed by atoms with Crippen LogP contribution >= 0.6 is 0 Å². The summed E-state index contributed by atoms with van der Waals surface area (Å²) in [6.07, 6.45) is -0.901. The molecule has 2 aromatic heterocycles. The molecule has 6 nitrogen and oxygen atoms in total. The van der Waals surface area contributed by atoms with Crippen molar-refractivity contribution in [3.63, 3.8) is 0 Å². The van der Waals surface area contributed by atoms with E-state index in [2.05, 4.69) is 9.97 Å². The van der Waals surface area contributed by atoms with E-state index >= 15 is 0 Å². The summed E-state index contributed by atoms with van der Waals surface area (Å²) in [6.45, 7) is 1.60. The molecule has 2 saturated heterocycles. The normalized spacial score (nSPS) is 23.3. The fourth-order valence-electron chi connectivity index (χ4n) is 4.11. The molecule has 0 radical (unpaired) electrons. The third-order valence-electron chi connectivity index (χ3n) is 5.64. The van der Waals surface area contributed by atoms with Crippen molar-refractivity contribution in [2.45, 2.75) is 50.3 Å². The molecule has 2 fully saturated rings. The number of carbonyl (C=O) groups excluding carboxylic acids is 1. The fourth-order valence-corrected chi connectivity index (χ4v) is 4.11. The molecule has 0 aromatic carbocycles. The first kappa shape index (κ1) is 19.9. The number of aromatic amines is 1. The number of hydrogen-bond acceptors (Lipinski definition) is 4. The lowest BCUT2D eigenvalue weighted by Crippen LogP contribution is -2.46. The second kappa shape index (κ2) is 7.78. The third-order valence-corrected chi connectivity index (χ3v) is 5.64. The van der Waals surface area contributed by atoms with Gasteiger partial charge in [0.1, 0.15) is 11.8 Å². The highest BCUT2D eigenvalue weighted by molar-refractivity contribution is 5.81. The number of pyridine rings is 2. The molecule has 2 aliphatic heterocycles. The zero-order valence-corrected chi connectivity index (χ0v) is 15.8. The summed E-state index contributed by atoms with van der Waals surface area (Å²) in [4.78, 5) is 33.3. The van der Waals surface area contributed by atoms with Gasteiger partial charge >= 0.3 is 6.18 Å². The number of ether oxygens (including phenoxy) is 1. The molecule has 0 bridgehead atoms. The maximum absolute atomic E-state index is 13.0. The lowest BCUT2D eigenvalue weighted by atomic mass is 9.93. The van der Waals surface area contributed by atoms with Crippen LogP contribution in [0.5, 0.6) is 0 Å². The Morgan fingerprint density at radius 3 is 2.76 bits per heavy atom. The van der Waals surface area contributed by atoms with Gasteiger partial charge < -0.3 is 14.6 Å². The molecular formula is C20H22F3N3O3. The molecule has 0 saturated carbocycles. The molecule has 9 heteroatoms. The second-order valence-electron chi connectivity index (χ2n) is 7.66. The summed E-state index contributed by atoms with van der Waals surface area (Å²) < 4.78 is 44.5. The third kappa shape index (κ3) is 4.14. The van der Waals surface area contributed by atoms with Crippen LogP contribution in [0.25, 0.3) is 10.9 Å². The van der Waals surface area contributed by atoms with Crippen molar-refractivity contribution in [2.24, 2.45) is 0 Å². The lowest BCUT2D eigenvalue weighted by molar-refractivity contribution is -0.147. The van der Waals surface area contributed by atoms with Crippen molar-refractivity contribution in [2.75, 3.05) is 19.7 Å². The first-order valence-corrected chi connectivity index (χ1v) is 9.84. The maximum Gasteiger partial charge on any atom is 0.433 e. The zero-order valence-electron chi connectivity index (χ0n) is 15.8. The lowest BCUT2D eigenvalue weighted by Gasteiger charge is -2.35. The number of halogens is 3. The number of H-pyrrole nitrogens is 1. The van der Waals surface area contributed by atoms with Crippen LogP contribution < -0.4 is 5.56 Å². The zero-order chi connectivity index (χ0) is 20.6. The topological polar surface area (TPSA) is 75.3 Å². The average Bonchev–Trinajstić information content (AvgIpc) is 2.73. The summed E-state index contributed by atoms with van der Waals surface area (Å²) in [5, 5.41) is 0.112. The van der Waals surface area contributed by atoms with E-state index in [0.29, 0.717) is 31.8 Å². The minimum Gasteiger partial charge on any atom is -0.368 e. The van der Waals surface area contributed by atoms with Crippen molar-refractivity contribution < 1.29 is 22.7 Å². The Labute approximate surface area is 165 Å². The van der Waals surface area contributed by atoms with Crippen LogP contribution in [-0.4, -0.2) is 46.6 Å². The summed E-state index contributed by atoms with van der Waals surface area (Å²) >= 11 is 0. The van der Waals surface area contributed by atoms with Crippen molar-refractivity contribution in [1.29, 1.82) is 0 Å². The first-order valence-electron chi connectivity index (χ1n) is 9.84. The number of alkyl halides is 3. The SMILES string of the molecule is O=C([C@H]1CCCCO1)N1CCC[C@H](c2cc3nc(C(F)(F)F)ccc3c(=O)[nH]2)C1. The maximum atomic E-state index is 13.0. The molecule has 1 N–H and O–H groups in total. The minimum absolute atomic E-state index is 0.0117. The van der Waals surface area contributed by atoms with E-state index in [4.69, 9.17) is 4.74 Å². The molecule has 0 spiro atoms. The van der Waals surface area contributed by atoms with Gasteiger partial charge in [-0.3, -0.25) is 9.59 Å². The van der Waals surface area contributed by atoms with Crippen molar-refractivity contribution in [3.05, 3.63) is 39.9 Å². The fraction of sp³-hybridized carbons (Fsp3) is 0.550. The molecule has 2 atom stereocenters. The van der Waals surface area contributed by atoms with E-state index in [1.807, 2.05) is 0 Å². The Kier molecular flexibility index (Phi) is 5.33. The standard InChI is InChI=1S/C20H22F3N3O3/c21-20(22,23)17-7-6-13-15(24-17)10-14(25-18(13)27)12-4-3-8-26(11-12)19(28)16-5-1-2-9-29-16/h6-7,10,12,16H,1-5,8-9,11H2,(H,25,27)/t12-,16+/m0/s1. The Morgan fingerprint density at radius 2 is 2.03 bits per heavy atom. The number of piperidine rings is 1. The van der Waals surface area contributed by atoms with E-state index in [0.717, 1.165) is 37.8 Å². The summed E-state index contributed by atoms with van der Waals surface area (Å²) in [5.74, 6) is -0.209. The molecule has 29 heavy (non-hydrogen) atoms. The van der Waals surface area contributed by atoms with Crippen molar-refractivity contribution >= 4 is 16.8 Å². The molecular weight excluding hydrogens is 387 g/mol. The Hall–Kier alpha value is -2.42. The highest BCUT2D eigenvalue weighted by Gasteiger charge is 2.34. The van der Waals surface area contributed by atoms with Crippen LogP contribution in [0.2, 0.25) is 0 Å². The van der Waals surface area contributed by atoms with Gasteiger partial charge in [-0.15, -0.1) is 0 Å². The molecule has 2 aliphatic rings. The van der Waals surface area contributed by atoms with Crippen LogP contribution in [0.4, 0.5) is 13.2 Å².